The van der Waals surface area contributed by atoms with Gasteiger partial charge in [-0.2, -0.15) is 0 Å². The molecule has 4 nitrogen and oxygen atoms in total. The monoisotopic (exact) mass is 379 g/mol. The molecule has 0 radical (unpaired) electrons. The van der Waals surface area contributed by atoms with Crippen molar-refractivity contribution >= 4 is 28.9 Å². The molecule has 0 aliphatic carbocycles. The SMILES string of the molecule is Cc1cc(N2CCC(C)(N)CC2)c(CO)nc1-c1cccc(Cl)c1Cl. The van der Waals surface area contributed by atoms with Crippen LogP contribution < -0.4 is 10.6 Å². The normalized spacial score (nSPS) is 17.0. The number of anilines is 1. The molecule has 2 heterocycles. The lowest BCUT2D eigenvalue weighted by Gasteiger charge is -2.38. The topological polar surface area (TPSA) is 62.4 Å². The summed E-state index contributed by atoms with van der Waals surface area (Å²) in [7, 11) is 0. The summed E-state index contributed by atoms with van der Waals surface area (Å²) in [4.78, 5) is 6.96. The van der Waals surface area contributed by atoms with Crippen LogP contribution in [0.25, 0.3) is 11.3 Å². The first-order chi connectivity index (χ1) is 11.8. The first-order valence-electron chi connectivity index (χ1n) is 8.42. The highest BCUT2D eigenvalue weighted by Gasteiger charge is 2.27. The number of rotatable bonds is 3. The Labute approximate surface area is 158 Å². The van der Waals surface area contributed by atoms with Crippen molar-refractivity contribution in [1.82, 2.24) is 4.98 Å². The molecule has 0 amide bonds. The van der Waals surface area contributed by atoms with Crippen LogP contribution in [0.15, 0.2) is 24.3 Å². The highest BCUT2D eigenvalue weighted by molar-refractivity contribution is 6.43. The Hall–Kier alpha value is -1.33. The second-order valence-electron chi connectivity index (χ2n) is 7.02. The number of halogens is 2. The molecule has 1 aromatic carbocycles. The standard InChI is InChI=1S/C19H23Cl2N3O/c1-12-10-16(24-8-6-19(2,22)7-9-24)15(11-25)23-18(12)13-4-3-5-14(20)17(13)21/h3-5,10,25H,6-9,11,22H2,1-2H3. The minimum Gasteiger partial charge on any atom is -0.390 e. The molecular formula is C19H23Cl2N3O. The predicted octanol–water partition coefficient (Wildman–Crippen LogP) is 4.17. The number of piperidine rings is 1. The fourth-order valence-electron chi connectivity index (χ4n) is 3.25. The summed E-state index contributed by atoms with van der Waals surface area (Å²) in [5.41, 5.74) is 10.3. The smallest absolute Gasteiger partial charge is 0.0898 e. The van der Waals surface area contributed by atoms with Gasteiger partial charge in [0.05, 0.1) is 33.7 Å². The van der Waals surface area contributed by atoms with Gasteiger partial charge in [-0.1, -0.05) is 35.3 Å². The Morgan fingerprint density at radius 2 is 1.96 bits per heavy atom. The Balaban J connectivity index is 2.01. The third kappa shape index (κ3) is 3.77. The van der Waals surface area contributed by atoms with E-state index in [0.717, 1.165) is 48.4 Å². The van der Waals surface area contributed by atoms with Crippen LogP contribution in [0, 0.1) is 6.92 Å². The second kappa shape index (κ2) is 7.12. The van der Waals surface area contributed by atoms with Gasteiger partial charge in [0, 0.05) is 24.2 Å². The number of hydrogen-bond donors (Lipinski definition) is 2. The van der Waals surface area contributed by atoms with Gasteiger partial charge in [0.15, 0.2) is 0 Å². The molecular weight excluding hydrogens is 357 g/mol. The van der Waals surface area contributed by atoms with Crippen LogP contribution in [0.4, 0.5) is 5.69 Å². The Kier molecular flexibility index (Phi) is 5.26. The van der Waals surface area contributed by atoms with E-state index in [1.807, 2.05) is 19.1 Å². The van der Waals surface area contributed by atoms with E-state index in [4.69, 9.17) is 33.9 Å². The maximum atomic E-state index is 9.86. The van der Waals surface area contributed by atoms with Crippen molar-refractivity contribution in [3.63, 3.8) is 0 Å². The molecule has 3 rings (SSSR count). The summed E-state index contributed by atoms with van der Waals surface area (Å²) in [6.45, 7) is 5.68. The van der Waals surface area contributed by atoms with Gasteiger partial charge in [0.25, 0.3) is 0 Å². The number of hydrogen-bond acceptors (Lipinski definition) is 4. The molecule has 1 saturated heterocycles. The number of aromatic nitrogens is 1. The molecule has 134 valence electrons. The lowest BCUT2D eigenvalue weighted by Crippen LogP contribution is -2.48. The van der Waals surface area contributed by atoms with Gasteiger partial charge >= 0.3 is 0 Å². The zero-order chi connectivity index (χ0) is 18.2. The van der Waals surface area contributed by atoms with Crippen molar-refractivity contribution in [3.05, 3.63) is 45.6 Å². The molecule has 1 aliphatic heterocycles. The first kappa shape index (κ1) is 18.5. The number of benzene rings is 1. The van der Waals surface area contributed by atoms with Crippen LogP contribution in [0.1, 0.15) is 31.0 Å². The molecule has 0 saturated carbocycles. The van der Waals surface area contributed by atoms with E-state index >= 15 is 0 Å². The van der Waals surface area contributed by atoms with Crippen LogP contribution in [0.5, 0.6) is 0 Å². The average Bonchev–Trinajstić information content (AvgIpc) is 2.57. The van der Waals surface area contributed by atoms with Crippen LogP contribution in [-0.2, 0) is 6.61 Å². The van der Waals surface area contributed by atoms with Crippen LogP contribution >= 0.6 is 23.2 Å². The molecule has 2 aromatic rings. The molecule has 1 aromatic heterocycles. The Morgan fingerprint density at radius 1 is 1.28 bits per heavy atom. The predicted molar refractivity (Wildman–Crippen MR) is 104 cm³/mol. The van der Waals surface area contributed by atoms with Crippen molar-refractivity contribution in [3.8, 4) is 11.3 Å². The van der Waals surface area contributed by atoms with E-state index in [2.05, 4.69) is 17.9 Å². The molecule has 3 N–H and O–H groups in total. The quantitative estimate of drug-likeness (QED) is 0.839. The highest BCUT2D eigenvalue weighted by Crippen LogP contribution is 2.36. The van der Waals surface area contributed by atoms with E-state index in [0.29, 0.717) is 15.7 Å². The fraction of sp³-hybridized carbons (Fsp3) is 0.421. The van der Waals surface area contributed by atoms with Gasteiger partial charge in [-0.15, -0.1) is 0 Å². The molecule has 0 atom stereocenters. The minimum absolute atomic E-state index is 0.118. The zero-order valence-electron chi connectivity index (χ0n) is 14.5. The van der Waals surface area contributed by atoms with Crippen LogP contribution in [0.2, 0.25) is 10.0 Å². The summed E-state index contributed by atoms with van der Waals surface area (Å²) < 4.78 is 0. The minimum atomic E-state index is -0.128. The van der Waals surface area contributed by atoms with E-state index in [1.54, 1.807) is 6.07 Å². The van der Waals surface area contributed by atoms with Crippen molar-refractivity contribution in [2.75, 3.05) is 18.0 Å². The van der Waals surface area contributed by atoms with E-state index in [-0.39, 0.29) is 12.1 Å². The third-order valence-electron chi connectivity index (χ3n) is 4.87. The van der Waals surface area contributed by atoms with Gasteiger partial charge in [-0.05, 0) is 44.4 Å². The maximum Gasteiger partial charge on any atom is 0.0898 e. The van der Waals surface area contributed by atoms with Crippen molar-refractivity contribution in [2.24, 2.45) is 5.73 Å². The molecule has 25 heavy (non-hydrogen) atoms. The second-order valence-corrected chi connectivity index (χ2v) is 7.81. The van der Waals surface area contributed by atoms with Crippen LogP contribution in [0.3, 0.4) is 0 Å². The number of aryl methyl sites for hydroxylation is 1. The van der Waals surface area contributed by atoms with Gasteiger partial charge in [-0.25, -0.2) is 4.98 Å². The molecule has 1 fully saturated rings. The van der Waals surface area contributed by atoms with Crippen molar-refractivity contribution in [2.45, 2.75) is 38.8 Å². The molecule has 0 unspecified atom stereocenters. The number of pyridine rings is 1. The number of nitrogens with zero attached hydrogens (tertiary/aromatic N) is 2. The van der Waals surface area contributed by atoms with E-state index < -0.39 is 0 Å². The zero-order valence-corrected chi connectivity index (χ0v) is 16.0. The number of nitrogens with two attached hydrogens (primary N) is 1. The molecule has 6 heteroatoms. The van der Waals surface area contributed by atoms with Gasteiger partial charge < -0.3 is 15.7 Å². The Morgan fingerprint density at radius 3 is 2.60 bits per heavy atom. The lowest BCUT2D eigenvalue weighted by atomic mass is 9.90. The fourth-order valence-corrected chi connectivity index (χ4v) is 3.64. The maximum absolute atomic E-state index is 9.86. The van der Waals surface area contributed by atoms with Crippen LogP contribution in [-0.4, -0.2) is 28.7 Å². The molecule has 0 bridgehead atoms. The summed E-state index contributed by atoms with van der Waals surface area (Å²) >= 11 is 12.5. The largest absolute Gasteiger partial charge is 0.390 e. The summed E-state index contributed by atoms with van der Waals surface area (Å²) in [6.07, 6.45) is 1.83. The molecule has 1 aliphatic rings. The van der Waals surface area contributed by atoms with Gasteiger partial charge in [-0.3, -0.25) is 0 Å². The van der Waals surface area contributed by atoms with Gasteiger partial charge in [0.2, 0.25) is 0 Å². The Bertz CT molecular complexity index is 782. The third-order valence-corrected chi connectivity index (χ3v) is 5.69. The summed E-state index contributed by atoms with van der Waals surface area (Å²) in [5.74, 6) is 0. The number of aliphatic hydroxyl groups is 1. The number of aliphatic hydroxyl groups excluding tert-OH is 1. The van der Waals surface area contributed by atoms with E-state index in [1.165, 1.54) is 0 Å². The first-order valence-corrected chi connectivity index (χ1v) is 9.17. The molecule has 0 spiro atoms. The van der Waals surface area contributed by atoms with Crippen molar-refractivity contribution in [1.29, 1.82) is 0 Å². The summed E-state index contributed by atoms with van der Waals surface area (Å²) in [6, 6.07) is 7.57. The summed E-state index contributed by atoms with van der Waals surface area (Å²) in [5, 5.41) is 10.8. The highest BCUT2D eigenvalue weighted by atomic mass is 35.5. The lowest BCUT2D eigenvalue weighted by molar-refractivity contribution is 0.276. The van der Waals surface area contributed by atoms with Gasteiger partial charge in [0.1, 0.15) is 0 Å². The average molecular weight is 380 g/mol. The van der Waals surface area contributed by atoms with E-state index in [9.17, 15) is 5.11 Å². The van der Waals surface area contributed by atoms with Crippen molar-refractivity contribution < 1.29 is 5.11 Å².